The van der Waals surface area contributed by atoms with Gasteiger partial charge in [0.1, 0.15) is 18.0 Å². The molecule has 1 atom stereocenters. The first kappa shape index (κ1) is 23.2. The molecule has 2 aromatic heterocycles. The molecule has 7 heteroatoms. The van der Waals surface area contributed by atoms with Gasteiger partial charge in [0.25, 0.3) is 0 Å². The van der Waals surface area contributed by atoms with Crippen LogP contribution in [0.3, 0.4) is 0 Å². The predicted molar refractivity (Wildman–Crippen MR) is 125 cm³/mol. The zero-order valence-electron chi connectivity index (χ0n) is 19.8. The number of piperidine rings is 1. The van der Waals surface area contributed by atoms with E-state index in [0.29, 0.717) is 31.5 Å². The van der Waals surface area contributed by atoms with E-state index in [1.165, 1.54) is 12.3 Å². The predicted octanol–water partition coefficient (Wildman–Crippen LogP) is 3.78. The van der Waals surface area contributed by atoms with Gasteiger partial charge in [-0.2, -0.15) is 0 Å². The molecule has 4 rings (SSSR count). The number of aromatic nitrogens is 2. The molecule has 6 nitrogen and oxygen atoms in total. The van der Waals surface area contributed by atoms with Crippen molar-refractivity contribution in [2.45, 2.75) is 58.5 Å². The molecule has 0 bridgehead atoms. The van der Waals surface area contributed by atoms with Gasteiger partial charge in [0.15, 0.2) is 0 Å². The Balaban J connectivity index is 1.40. The number of amides is 1. The fourth-order valence-corrected chi connectivity index (χ4v) is 4.44. The van der Waals surface area contributed by atoms with Crippen LogP contribution in [-0.4, -0.2) is 46.3 Å². The Hall–Kier alpha value is -2.96. The minimum absolute atomic E-state index is 0.254. The zero-order valence-corrected chi connectivity index (χ0v) is 19.8. The maximum Gasteiger partial charge on any atom is 0.410 e. The Morgan fingerprint density at radius 3 is 2.73 bits per heavy atom. The molecule has 176 valence electrons. The van der Waals surface area contributed by atoms with Crippen molar-refractivity contribution in [3.8, 4) is 5.88 Å². The largest absolute Gasteiger partial charge is 0.473 e. The first-order chi connectivity index (χ1) is 15.7. The monoisotopic (exact) mass is 453 g/mol. The maximum absolute atomic E-state index is 13.6. The van der Waals surface area contributed by atoms with E-state index >= 15 is 0 Å². The van der Waals surface area contributed by atoms with Crippen LogP contribution in [-0.2, 0) is 4.74 Å². The van der Waals surface area contributed by atoms with E-state index in [-0.39, 0.29) is 17.8 Å². The van der Waals surface area contributed by atoms with Crippen LogP contribution in [0.4, 0.5) is 9.18 Å². The summed E-state index contributed by atoms with van der Waals surface area (Å²) in [7, 11) is 0. The van der Waals surface area contributed by atoms with Gasteiger partial charge in [0, 0.05) is 30.8 Å². The Morgan fingerprint density at radius 2 is 2.00 bits per heavy atom. The van der Waals surface area contributed by atoms with Crippen molar-refractivity contribution in [2.75, 3.05) is 19.7 Å². The van der Waals surface area contributed by atoms with Gasteiger partial charge in [-0.1, -0.05) is 19.1 Å². The van der Waals surface area contributed by atoms with Gasteiger partial charge in [0.2, 0.25) is 5.88 Å². The summed E-state index contributed by atoms with van der Waals surface area (Å²) in [5.74, 6) is 0.815. The summed E-state index contributed by atoms with van der Waals surface area (Å²) in [6.45, 7) is 9.42. The van der Waals surface area contributed by atoms with Crippen LogP contribution in [0.5, 0.6) is 5.88 Å². The second kappa shape index (κ2) is 9.49. The van der Waals surface area contributed by atoms with Crippen molar-refractivity contribution in [1.29, 1.82) is 0 Å². The highest BCUT2D eigenvalue weighted by Crippen LogP contribution is 2.29. The fourth-order valence-electron chi connectivity index (χ4n) is 4.44. The highest BCUT2D eigenvalue weighted by atomic mass is 19.1. The number of hydrogen-bond acceptors (Lipinski definition) is 5. The molecule has 3 heterocycles. The molecule has 1 unspecified atom stereocenters. The number of pyridine rings is 2. The van der Waals surface area contributed by atoms with Crippen molar-refractivity contribution < 1.29 is 18.7 Å². The van der Waals surface area contributed by atoms with Crippen LogP contribution >= 0.6 is 0 Å². The SMILES string of the molecule is CC1C=c2cc(F)cnc2=C(COc2cccc(C3CCN(C(=O)OC(C)(C)C)CC3)n2)C1. The quantitative estimate of drug-likeness (QED) is 0.705. The number of carbonyl (C=O) groups is 1. The van der Waals surface area contributed by atoms with E-state index in [1.807, 2.05) is 39.0 Å². The lowest BCUT2D eigenvalue weighted by atomic mass is 9.93. The number of carbonyl (C=O) groups excluding carboxylic acids is 1. The van der Waals surface area contributed by atoms with Crippen LogP contribution in [0, 0.1) is 11.7 Å². The van der Waals surface area contributed by atoms with Crippen LogP contribution in [0.25, 0.3) is 11.6 Å². The van der Waals surface area contributed by atoms with Crippen molar-refractivity contribution in [3.63, 3.8) is 0 Å². The van der Waals surface area contributed by atoms with Gasteiger partial charge in [-0.15, -0.1) is 0 Å². The minimum atomic E-state index is -0.489. The summed E-state index contributed by atoms with van der Waals surface area (Å²) in [4.78, 5) is 23.1. The van der Waals surface area contributed by atoms with Crippen molar-refractivity contribution in [2.24, 2.45) is 5.92 Å². The second-order valence-corrected chi connectivity index (χ2v) is 9.97. The van der Waals surface area contributed by atoms with Gasteiger partial charge in [0.05, 0.1) is 11.5 Å². The zero-order chi connectivity index (χ0) is 23.6. The molecular weight excluding hydrogens is 421 g/mol. The van der Waals surface area contributed by atoms with Gasteiger partial charge >= 0.3 is 6.09 Å². The molecule has 0 radical (unpaired) electrons. The summed E-state index contributed by atoms with van der Waals surface area (Å²) in [5, 5.41) is 1.63. The number of ether oxygens (including phenoxy) is 2. The van der Waals surface area contributed by atoms with E-state index < -0.39 is 5.60 Å². The Kier molecular flexibility index (Phi) is 6.68. The Morgan fingerprint density at radius 1 is 1.24 bits per heavy atom. The van der Waals surface area contributed by atoms with Crippen LogP contribution in [0.15, 0.2) is 30.5 Å². The van der Waals surface area contributed by atoms with Gasteiger partial charge in [-0.05, 0) is 68.9 Å². The molecule has 1 aliphatic heterocycles. The number of likely N-dealkylation sites (tertiary alicyclic amines) is 1. The molecular formula is C26H32FN3O3. The lowest BCUT2D eigenvalue weighted by Crippen LogP contribution is -2.41. The van der Waals surface area contributed by atoms with Crippen LogP contribution in [0.2, 0.25) is 0 Å². The van der Waals surface area contributed by atoms with E-state index in [1.54, 1.807) is 4.90 Å². The summed E-state index contributed by atoms with van der Waals surface area (Å²) in [5.41, 5.74) is 1.54. The molecule has 1 fully saturated rings. The summed E-state index contributed by atoms with van der Waals surface area (Å²) in [6.07, 6.45) is 5.56. The molecule has 0 saturated carbocycles. The number of rotatable bonds is 4. The number of hydrogen-bond donors (Lipinski definition) is 0. The average molecular weight is 454 g/mol. The normalized spacial score (nSPS) is 19.0. The third-order valence-corrected chi connectivity index (χ3v) is 5.96. The first-order valence-electron chi connectivity index (χ1n) is 11.6. The fraction of sp³-hybridized carbons (Fsp3) is 0.500. The lowest BCUT2D eigenvalue weighted by molar-refractivity contribution is 0.0204. The molecule has 0 spiro atoms. The smallest absolute Gasteiger partial charge is 0.410 e. The molecule has 2 aromatic rings. The van der Waals surface area contributed by atoms with Crippen molar-refractivity contribution in [1.82, 2.24) is 14.9 Å². The average Bonchev–Trinajstić information content (AvgIpc) is 2.76. The summed E-state index contributed by atoms with van der Waals surface area (Å²) < 4.78 is 25.1. The standard InChI is InChI=1S/C26H32FN3O3/c1-17-12-19-14-21(27)15-28-24(19)20(13-17)16-32-23-7-5-6-22(29-23)18-8-10-30(11-9-18)25(31)33-26(2,3)4/h5-7,12,14-15,17-18H,8-11,13,16H2,1-4H3. The Bertz CT molecular complexity index is 1130. The van der Waals surface area contributed by atoms with Crippen molar-refractivity contribution >= 4 is 17.7 Å². The molecule has 33 heavy (non-hydrogen) atoms. The van der Waals surface area contributed by atoms with Gasteiger partial charge in [-0.3, -0.25) is 4.98 Å². The molecule has 1 aliphatic carbocycles. The molecule has 0 N–H and O–H groups in total. The highest BCUT2D eigenvalue weighted by molar-refractivity contribution is 5.68. The van der Waals surface area contributed by atoms with E-state index in [2.05, 4.69) is 18.0 Å². The molecule has 2 aliphatic rings. The summed E-state index contributed by atoms with van der Waals surface area (Å²) >= 11 is 0. The number of nitrogens with zero attached hydrogens (tertiary/aromatic N) is 3. The van der Waals surface area contributed by atoms with E-state index in [0.717, 1.165) is 41.1 Å². The lowest BCUT2D eigenvalue weighted by Gasteiger charge is -2.33. The third-order valence-electron chi connectivity index (χ3n) is 5.96. The van der Waals surface area contributed by atoms with Gasteiger partial charge in [-0.25, -0.2) is 14.2 Å². The summed E-state index contributed by atoms with van der Waals surface area (Å²) in [6, 6.07) is 7.37. The highest BCUT2D eigenvalue weighted by Gasteiger charge is 2.28. The molecule has 0 aromatic carbocycles. The second-order valence-electron chi connectivity index (χ2n) is 9.97. The van der Waals surface area contributed by atoms with Gasteiger partial charge < -0.3 is 14.4 Å². The third kappa shape index (κ3) is 5.89. The number of halogens is 1. The van der Waals surface area contributed by atoms with E-state index in [9.17, 15) is 9.18 Å². The van der Waals surface area contributed by atoms with Crippen LogP contribution in [0.1, 0.15) is 58.6 Å². The van der Waals surface area contributed by atoms with E-state index in [4.69, 9.17) is 14.5 Å². The number of fused-ring (bicyclic) bond motifs is 1. The minimum Gasteiger partial charge on any atom is -0.473 e. The first-order valence-corrected chi connectivity index (χ1v) is 11.6. The molecule has 1 amide bonds. The maximum atomic E-state index is 13.6. The van der Waals surface area contributed by atoms with Crippen LogP contribution < -0.4 is 15.3 Å². The topological polar surface area (TPSA) is 64.5 Å². The molecule has 1 saturated heterocycles. The Labute approximate surface area is 194 Å². The van der Waals surface area contributed by atoms with Crippen molar-refractivity contribution in [3.05, 3.63) is 52.5 Å².